The standard InChI is InChI=1S/C31H32N6O2/c1-5-37(6-2)20-23-8-7-21(3)27(17-23)35-30(38)25-13-15-26(16-14-25)34-31-33-19-28(39-4)29(36-31)24-11-9-22(18-32)10-12-24/h7-17,19H,5-6,20H2,1-4H3,(H,35,38)(H,33,34,36). The molecular formula is C31H32N6O2. The number of aromatic nitrogens is 2. The monoisotopic (exact) mass is 520 g/mol. The largest absolute Gasteiger partial charge is 0.493 e. The summed E-state index contributed by atoms with van der Waals surface area (Å²) in [5.74, 6) is 0.732. The van der Waals surface area contributed by atoms with Crippen LogP contribution in [0.25, 0.3) is 11.3 Å². The van der Waals surface area contributed by atoms with E-state index in [2.05, 4.69) is 51.5 Å². The third kappa shape index (κ3) is 6.78. The van der Waals surface area contributed by atoms with Gasteiger partial charge in [0.2, 0.25) is 5.95 Å². The first kappa shape index (κ1) is 27.3. The molecule has 0 spiro atoms. The summed E-state index contributed by atoms with van der Waals surface area (Å²) < 4.78 is 5.43. The molecule has 0 unspecified atom stereocenters. The van der Waals surface area contributed by atoms with Crippen molar-refractivity contribution in [3.05, 3.63) is 95.2 Å². The zero-order valence-electron chi connectivity index (χ0n) is 22.7. The lowest BCUT2D eigenvalue weighted by molar-refractivity contribution is 0.102. The lowest BCUT2D eigenvalue weighted by atomic mass is 10.1. The van der Waals surface area contributed by atoms with Gasteiger partial charge in [0.15, 0.2) is 5.75 Å². The van der Waals surface area contributed by atoms with E-state index < -0.39 is 0 Å². The number of nitrogens with one attached hydrogen (secondary N) is 2. The lowest BCUT2D eigenvalue weighted by Gasteiger charge is -2.19. The maximum atomic E-state index is 13.0. The van der Waals surface area contributed by atoms with E-state index in [4.69, 9.17) is 10.00 Å². The molecule has 4 aromatic rings. The van der Waals surface area contributed by atoms with Crippen molar-refractivity contribution in [2.75, 3.05) is 30.8 Å². The zero-order valence-corrected chi connectivity index (χ0v) is 22.7. The van der Waals surface area contributed by atoms with Gasteiger partial charge in [0.05, 0.1) is 24.9 Å². The molecule has 1 amide bonds. The maximum Gasteiger partial charge on any atom is 0.255 e. The van der Waals surface area contributed by atoms with E-state index in [1.54, 1.807) is 37.6 Å². The van der Waals surface area contributed by atoms with Crippen molar-refractivity contribution >= 4 is 23.2 Å². The average Bonchev–Trinajstić information content (AvgIpc) is 2.97. The molecule has 0 atom stereocenters. The van der Waals surface area contributed by atoms with Gasteiger partial charge in [0, 0.05) is 29.0 Å². The summed E-state index contributed by atoms with van der Waals surface area (Å²) in [6, 6.07) is 22.6. The maximum absolute atomic E-state index is 13.0. The summed E-state index contributed by atoms with van der Waals surface area (Å²) in [4.78, 5) is 24.3. The summed E-state index contributed by atoms with van der Waals surface area (Å²) in [7, 11) is 1.56. The molecule has 0 saturated carbocycles. The summed E-state index contributed by atoms with van der Waals surface area (Å²) in [6.45, 7) is 9.08. The molecule has 0 aliphatic rings. The predicted octanol–water partition coefficient (Wildman–Crippen LogP) is 6.17. The van der Waals surface area contributed by atoms with Crippen LogP contribution in [0.2, 0.25) is 0 Å². The Morgan fingerprint density at radius 3 is 2.38 bits per heavy atom. The Balaban J connectivity index is 1.47. The highest BCUT2D eigenvalue weighted by Crippen LogP contribution is 2.29. The molecule has 0 fully saturated rings. The molecule has 8 heteroatoms. The minimum Gasteiger partial charge on any atom is -0.493 e. The van der Waals surface area contributed by atoms with Gasteiger partial charge in [0.25, 0.3) is 5.91 Å². The molecule has 1 aromatic heterocycles. The second kappa shape index (κ2) is 12.7. The normalized spacial score (nSPS) is 10.7. The minimum atomic E-state index is -0.173. The Hall–Kier alpha value is -4.74. The van der Waals surface area contributed by atoms with Crippen LogP contribution in [0, 0.1) is 18.3 Å². The molecule has 1 heterocycles. The first-order valence-corrected chi connectivity index (χ1v) is 12.9. The first-order chi connectivity index (χ1) is 18.9. The van der Waals surface area contributed by atoms with E-state index >= 15 is 0 Å². The van der Waals surface area contributed by atoms with E-state index in [1.807, 2.05) is 43.3 Å². The third-order valence-electron chi connectivity index (χ3n) is 6.52. The molecule has 0 saturated heterocycles. The number of anilines is 3. The first-order valence-electron chi connectivity index (χ1n) is 12.9. The number of methoxy groups -OCH3 is 1. The quantitative estimate of drug-likeness (QED) is 0.258. The summed E-state index contributed by atoms with van der Waals surface area (Å²) in [5, 5.41) is 15.3. The third-order valence-corrected chi connectivity index (χ3v) is 6.52. The Bertz CT molecular complexity index is 1470. The van der Waals surface area contributed by atoms with Gasteiger partial charge in [-0.25, -0.2) is 9.97 Å². The Labute approximate surface area is 229 Å². The number of carbonyl (C=O) groups is 1. The molecule has 4 rings (SSSR count). The van der Waals surface area contributed by atoms with Crippen molar-refractivity contribution < 1.29 is 9.53 Å². The predicted molar refractivity (Wildman–Crippen MR) is 154 cm³/mol. The molecule has 0 bridgehead atoms. The number of carbonyl (C=O) groups excluding carboxylic acids is 1. The fourth-order valence-corrected chi connectivity index (χ4v) is 4.13. The number of benzene rings is 3. The fourth-order valence-electron chi connectivity index (χ4n) is 4.13. The molecule has 3 aromatic carbocycles. The van der Waals surface area contributed by atoms with E-state index in [9.17, 15) is 4.79 Å². The van der Waals surface area contributed by atoms with Crippen LogP contribution in [0.4, 0.5) is 17.3 Å². The van der Waals surface area contributed by atoms with Gasteiger partial charge in [-0.15, -0.1) is 0 Å². The van der Waals surface area contributed by atoms with Gasteiger partial charge in [-0.1, -0.05) is 38.1 Å². The highest BCUT2D eigenvalue weighted by atomic mass is 16.5. The average molecular weight is 521 g/mol. The molecule has 198 valence electrons. The smallest absolute Gasteiger partial charge is 0.255 e. The van der Waals surface area contributed by atoms with Gasteiger partial charge in [-0.3, -0.25) is 9.69 Å². The van der Waals surface area contributed by atoms with Crippen LogP contribution < -0.4 is 15.4 Å². The Kier molecular flexibility index (Phi) is 8.87. The summed E-state index contributed by atoms with van der Waals surface area (Å²) in [5.41, 5.74) is 6.25. The van der Waals surface area contributed by atoms with Gasteiger partial charge >= 0.3 is 0 Å². The second-order valence-electron chi connectivity index (χ2n) is 9.07. The Morgan fingerprint density at radius 1 is 1.03 bits per heavy atom. The van der Waals surface area contributed by atoms with E-state index in [0.29, 0.717) is 28.5 Å². The molecule has 39 heavy (non-hydrogen) atoms. The highest BCUT2D eigenvalue weighted by Gasteiger charge is 2.13. The highest BCUT2D eigenvalue weighted by molar-refractivity contribution is 6.04. The van der Waals surface area contributed by atoms with E-state index in [-0.39, 0.29) is 5.91 Å². The second-order valence-corrected chi connectivity index (χ2v) is 9.07. The van der Waals surface area contributed by atoms with Crippen molar-refractivity contribution in [2.45, 2.75) is 27.3 Å². The number of nitrogens with zero attached hydrogens (tertiary/aromatic N) is 4. The number of rotatable bonds is 10. The van der Waals surface area contributed by atoms with Crippen LogP contribution in [0.1, 0.15) is 40.9 Å². The van der Waals surface area contributed by atoms with E-state index in [0.717, 1.165) is 42.1 Å². The van der Waals surface area contributed by atoms with Crippen LogP contribution in [-0.4, -0.2) is 41.0 Å². The molecule has 0 aliphatic carbocycles. The van der Waals surface area contributed by atoms with Crippen LogP contribution in [0.3, 0.4) is 0 Å². The summed E-state index contributed by atoms with van der Waals surface area (Å²) >= 11 is 0. The number of ether oxygens (including phenoxy) is 1. The molecule has 0 radical (unpaired) electrons. The van der Waals surface area contributed by atoms with Crippen molar-refractivity contribution in [1.82, 2.24) is 14.9 Å². The van der Waals surface area contributed by atoms with Crippen LogP contribution >= 0.6 is 0 Å². The minimum absolute atomic E-state index is 0.173. The van der Waals surface area contributed by atoms with E-state index in [1.165, 1.54) is 5.56 Å². The van der Waals surface area contributed by atoms with Crippen LogP contribution in [-0.2, 0) is 6.54 Å². The molecule has 2 N–H and O–H groups in total. The number of hydrogen-bond donors (Lipinski definition) is 2. The van der Waals surface area contributed by atoms with Gasteiger partial charge < -0.3 is 15.4 Å². The molecular weight excluding hydrogens is 488 g/mol. The number of aryl methyl sites for hydroxylation is 1. The Morgan fingerprint density at radius 2 is 1.74 bits per heavy atom. The summed E-state index contributed by atoms with van der Waals surface area (Å²) in [6.07, 6.45) is 1.60. The van der Waals surface area contributed by atoms with Crippen LogP contribution in [0.15, 0.2) is 72.9 Å². The molecule has 8 nitrogen and oxygen atoms in total. The van der Waals surface area contributed by atoms with Crippen molar-refractivity contribution in [1.29, 1.82) is 5.26 Å². The number of nitriles is 1. The number of hydrogen-bond acceptors (Lipinski definition) is 7. The zero-order chi connectivity index (χ0) is 27.8. The number of amides is 1. The van der Waals surface area contributed by atoms with Gasteiger partial charge in [-0.05, 0) is 73.6 Å². The van der Waals surface area contributed by atoms with Crippen molar-refractivity contribution in [3.8, 4) is 23.1 Å². The van der Waals surface area contributed by atoms with Gasteiger partial charge in [-0.2, -0.15) is 5.26 Å². The topological polar surface area (TPSA) is 103 Å². The van der Waals surface area contributed by atoms with Crippen molar-refractivity contribution in [2.24, 2.45) is 0 Å². The fraction of sp³-hybridized carbons (Fsp3) is 0.226. The van der Waals surface area contributed by atoms with Gasteiger partial charge in [0.1, 0.15) is 5.69 Å². The van der Waals surface area contributed by atoms with Crippen LogP contribution in [0.5, 0.6) is 5.75 Å². The lowest BCUT2D eigenvalue weighted by Crippen LogP contribution is -2.22. The SMILES string of the molecule is CCN(CC)Cc1ccc(C)c(NC(=O)c2ccc(Nc3ncc(OC)c(-c4ccc(C#N)cc4)n3)cc2)c1. The van der Waals surface area contributed by atoms with Crippen molar-refractivity contribution in [3.63, 3.8) is 0 Å². The molecule has 0 aliphatic heterocycles.